The summed E-state index contributed by atoms with van der Waals surface area (Å²) in [4.78, 5) is 4.15. The van der Waals surface area contributed by atoms with Gasteiger partial charge < -0.3 is 9.73 Å². The van der Waals surface area contributed by atoms with Gasteiger partial charge in [0, 0.05) is 18.5 Å². The Morgan fingerprint density at radius 1 is 1.44 bits per heavy atom. The molecule has 3 nitrogen and oxygen atoms in total. The van der Waals surface area contributed by atoms with Gasteiger partial charge in [0.05, 0.1) is 11.2 Å². The van der Waals surface area contributed by atoms with Crippen LogP contribution in [-0.2, 0) is 6.42 Å². The Kier molecular flexibility index (Phi) is 4.33. The zero-order chi connectivity index (χ0) is 13.0. The van der Waals surface area contributed by atoms with E-state index in [1.165, 1.54) is 12.1 Å². The molecule has 5 heteroatoms. The smallest absolute Gasteiger partial charge is 0.196 e. The SMILES string of the molecule is CCNCCc1ncc(-c2ccc(Cl)c(F)c2)o1. The molecular weight excluding hydrogens is 255 g/mol. The summed E-state index contributed by atoms with van der Waals surface area (Å²) in [6.07, 6.45) is 2.31. The lowest BCUT2D eigenvalue weighted by molar-refractivity contribution is 0.496. The molecule has 18 heavy (non-hydrogen) atoms. The van der Waals surface area contributed by atoms with Gasteiger partial charge >= 0.3 is 0 Å². The van der Waals surface area contributed by atoms with E-state index in [0.29, 0.717) is 23.6 Å². The molecule has 1 aromatic heterocycles. The summed E-state index contributed by atoms with van der Waals surface area (Å²) < 4.78 is 18.9. The largest absolute Gasteiger partial charge is 0.441 e. The van der Waals surface area contributed by atoms with Gasteiger partial charge in [0.25, 0.3) is 0 Å². The highest BCUT2D eigenvalue weighted by Gasteiger charge is 2.08. The van der Waals surface area contributed by atoms with Crippen molar-refractivity contribution in [1.82, 2.24) is 10.3 Å². The Morgan fingerprint density at radius 3 is 3.00 bits per heavy atom. The zero-order valence-electron chi connectivity index (χ0n) is 10.0. The first-order chi connectivity index (χ1) is 8.70. The fourth-order valence-corrected chi connectivity index (χ4v) is 1.70. The number of hydrogen-bond acceptors (Lipinski definition) is 3. The lowest BCUT2D eigenvalue weighted by Gasteiger charge is -1.99. The third-order valence-electron chi connectivity index (χ3n) is 2.52. The van der Waals surface area contributed by atoms with E-state index in [2.05, 4.69) is 10.3 Å². The van der Waals surface area contributed by atoms with Gasteiger partial charge in [-0.15, -0.1) is 0 Å². The summed E-state index contributed by atoms with van der Waals surface area (Å²) in [5, 5.41) is 3.29. The van der Waals surface area contributed by atoms with Crippen LogP contribution in [0.25, 0.3) is 11.3 Å². The minimum atomic E-state index is -0.459. The summed E-state index contributed by atoms with van der Waals surface area (Å²) in [6, 6.07) is 4.56. The number of nitrogens with zero attached hydrogens (tertiary/aromatic N) is 1. The Labute approximate surface area is 110 Å². The van der Waals surface area contributed by atoms with Crippen molar-refractivity contribution < 1.29 is 8.81 Å². The van der Waals surface area contributed by atoms with Crippen molar-refractivity contribution in [3.05, 3.63) is 41.1 Å². The molecule has 0 bridgehead atoms. The topological polar surface area (TPSA) is 38.1 Å². The fraction of sp³-hybridized carbons (Fsp3) is 0.308. The first kappa shape index (κ1) is 13.1. The summed E-state index contributed by atoms with van der Waals surface area (Å²) >= 11 is 5.63. The molecule has 0 radical (unpaired) electrons. The van der Waals surface area contributed by atoms with Crippen molar-refractivity contribution >= 4 is 11.6 Å². The number of rotatable bonds is 5. The lowest BCUT2D eigenvalue weighted by atomic mass is 10.2. The number of nitrogens with one attached hydrogen (secondary N) is 1. The number of hydrogen-bond donors (Lipinski definition) is 1. The second-order valence-electron chi connectivity index (χ2n) is 3.85. The molecule has 0 aliphatic carbocycles. The molecule has 0 aliphatic heterocycles. The van der Waals surface area contributed by atoms with Crippen LogP contribution >= 0.6 is 11.6 Å². The molecule has 0 amide bonds. The minimum absolute atomic E-state index is 0.102. The molecular formula is C13H14ClFN2O. The molecule has 0 atom stereocenters. The molecule has 0 spiro atoms. The Morgan fingerprint density at radius 2 is 2.28 bits per heavy atom. The number of halogens is 2. The van der Waals surface area contributed by atoms with E-state index in [-0.39, 0.29) is 5.02 Å². The van der Waals surface area contributed by atoms with Crippen molar-refractivity contribution in [3.8, 4) is 11.3 Å². The zero-order valence-corrected chi connectivity index (χ0v) is 10.8. The summed E-state index contributed by atoms with van der Waals surface area (Å²) in [5.41, 5.74) is 0.638. The standard InChI is InChI=1S/C13H14ClFN2O/c1-2-16-6-5-13-17-8-12(18-13)9-3-4-10(14)11(15)7-9/h3-4,7-8,16H,2,5-6H2,1H3. The Hall–Kier alpha value is -1.39. The number of benzene rings is 1. The number of likely N-dealkylation sites (N-methyl/N-ethyl adjacent to an activating group) is 1. The van der Waals surface area contributed by atoms with Crippen LogP contribution in [0.5, 0.6) is 0 Å². The van der Waals surface area contributed by atoms with Gasteiger partial charge in [0.2, 0.25) is 0 Å². The van der Waals surface area contributed by atoms with Gasteiger partial charge in [0.1, 0.15) is 5.82 Å². The van der Waals surface area contributed by atoms with Crippen LogP contribution in [0.1, 0.15) is 12.8 Å². The van der Waals surface area contributed by atoms with Crippen LogP contribution in [0.15, 0.2) is 28.8 Å². The number of oxazole rings is 1. The quantitative estimate of drug-likeness (QED) is 0.846. The molecule has 0 unspecified atom stereocenters. The molecule has 0 saturated heterocycles. The van der Waals surface area contributed by atoms with Gasteiger partial charge in [-0.25, -0.2) is 9.37 Å². The van der Waals surface area contributed by atoms with E-state index < -0.39 is 5.82 Å². The average molecular weight is 269 g/mol. The van der Waals surface area contributed by atoms with Crippen molar-refractivity contribution in [2.75, 3.05) is 13.1 Å². The van der Waals surface area contributed by atoms with Crippen molar-refractivity contribution in [2.24, 2.45) is 0 Å². The predicted molar refractivity (Wildman–Crippen MR) is 69.2 cm³/mol. The van der Waals surface area contributed by atoms with E-state index in [1.807, 2.05) is 6.92 Å². The Balaban J connectivity index is 2.11. The first-order valence-corrected chi connectivity index (χ1v) is 6.19. The summed E-state index contributed by atoms with van der Waals surface area (Å²) in [6.45, 7) is 3.76. The third kappa shape index (κ3) is 3.09. The Bertz CT molecular complexity index is 527. The van der Waals surface area contributed by atoms with Crippen LogP contribution in [0, 0.1) is 5.82 Å². The highest BCUT2D eigenvalue weighted by Crippen LogP contribution is 2.24. The third-order valence-corrected chi connectivity index (χ3v) is 2.83. The van der Waals surface area contributed by atoms with Gasteiger partial charge in [-0.05, 0) is 24.7 Å². The van der Waals surface area contributed by atoms with E-state index in [9.17, 15) is 4.39 Å². The van der Waals surface area contributed by atoms with Crippen molar-refractivity contribution in [1.29, 1.82) is 0 Å². The minimum Gasteiger partial charge on any atom is -0.441 e. The van der Waals surface area contributed by atoms with E-state index >= 15 is 0 Å². The van der Waals surface area contributed by atoms with Crippen LogP contribution in [-0.4, -0.2) is 18.1 Å². The second-order valence-corrected chi connectivity index (χ2v) is 4.26. The summed E-state index contributed by atoms with van der Waals surface area (Å²) in [5.74, 6) is 0.734. The maximum Gasteiger partial charge on any atom is 0.196 e. The van der Waals surface area contributed by atoms with E-state index in [0.717, 1.165) is 13.1 Å². The highest BCUT2D eigenvalue weighted by atomic mass is 35.5. The second kappa shape index (κ2) is 5.98. The first-order valence-electron chi connectivity index (χ1n) is 5.81. The lowest BCUT2D eigenvalue weighted by Crippen LogP contribution is -2.16. The molecule has 1 heterocycles. The van der Waals surface area contributed by atoms with Crippen LogP contribution < -0.4 is 5.32 Å². The number of aromatic nitrogens is 1. The predicted octanol–water partition coefficient (Wildman–Crippen LogP) is 3.29. The van der Waals surface area contributed by atoms with Gasteiger partial charge in [-0.1, -0.05) is 18.5 Å². The molecule has 0 fully saturated rings. The molecule has 1 N–H and O–H groups in total. The van der Waals surface area contributed by atoms with Crippen LogP contribution in [0.2, 0.25) is 5.02 Å². The normalized spacial score (nSPS) is 10.8. The maximum absolute atomic E-state index is 13.3. The maximum atomic E-state index is 13.3. The van der Waals surface area contributed by atoms with Gasteiger partial charge in [-0.3, -0.25) is 0 Å². The fourth-order valence-electron chi connectivity index (χ4n) is 1.58. The van der Waals surface area contributed by atoms with E-state index in [4.69, 9.17) is 16.0 Å². The van der Waals surface area contributed by atoms with Crippen LogP contribution in [0.3, 0.4) is 0 Å². The van der Waals surface area contributed by atoms with Gasteiger partial charge in [0.15, 0.2) is 11.7 Å². The van der Waals surface area contributed by atoms with E-state index in [1.54, 1.807) is 12.3 Å². The molecule has 96 valence electrons. The molecule has 0 saturated carbocycles. The van der Waals surface area contributed by atoms with Crippen molar-refractivity contribution in [2.45, 2.75) is 13.3 Å². The van der Waals surface area contributed by atoms with Crippen LogP contribution in [0.4, 0.5) is 4.39 Å². The molecule has 1 aromatic carbocycles. The highest BCUT2D eigenvalue weighted by molar-refractivity contribution is 6.30. The summed E-state index contributed by atoms with van der Waals surface area (Å²) in [7, 11) is 0. The monoisotopic (exact) mass is 268 g/mol. The molecule has 2 aromatic rings. The average Bonchev–Trinajstić information content (AvgIpc) is 2.82. The molecule has 0 aliphatic rings. The molecule has 2 rings (SSSR count). The van der Waals surface area contributed by atoms with Crippen molar-refractivity contribution in [3.63, 3.8) is 0 Å². The van der Waals surface area contributed by atoms with Gasteiger partial charge in [-0.2, -0.15) is 0 Å².